The zero-order valence-electron chi connectivity index (χ0n) is 13.9. The molecule has 21 heavy (non-hydrogen) atoms. The summed E-state index contributed by atoms with van der Waals surface area (Å²) in [6.45, 7) is 8.56. The molecule has 1 atom stereocenters. The highest BCUT2D eigenvalue weighted by Crippen LogP contribution is 2.26. The van der Waals surface area contributed by atoms with Crippen LogP contribution in [-0.4, -0.2) is 13.2 Å². The van der Waals surface area contributed by atoms with Gasteiger partial charge in [0.25, 0.3) is 0 Å². The molecule has 0 aliphatic carbocycles. The highest BCUT2D eigenvalue weighted by Gasteiger charge is 2.10. The first-order chi connectivity index (χ1) is 10.2. The molecule has 0 spiro atoms. The maximum Gasteiger partial charge on any atom is 0.127 e. The number of rotatable bonds is 11. The molecule has 0 saturated heterocycles. The molecule has 1 rings (SSSR count). The molecule has 0 radical (unpaired) electrons. The first-order valence-corrected chi connectivity index (χ1v) is 8.33. The number of hydrogen-bond donors (Lipinski definition) is 1. The molecule has 0 aromatic heterocycles. The number of nitrogens with two attached hydrogens (primary N) is 1. The fourth-order valence-corrected chi connectivity index (χ4v) is 2.25. The number of ether oxygens (including phenoxy) is 2. The van der Waals surface area contributed by atoms with Gasteiger partial charge in [0, 0.05) is 18.2 Å². The van der Waals surface area contributed by atoms with Crippen LogP contribution in [-0.2, 0) is 6.54 Å². The van der Waals surface area contributed by atoms with Gasteiger partial charge in [-0.15, -0.1) is 0 Å². The van der Waals surface area contributed by atoms with Crippen molar-refractivity contribution in [3.63, 3.8) is 0 Å². The third-order valence-electron chi connectivity index (χ3n) is 3.75. The highest BCUT2D eigenvalue weighted by atomic mass is 16.5. The Morgan fingerprint density at radius 3 is 2.52 bits per heavy atom. The van der Waals surface area contributed by atoms with E-state index in [2.05, 4.69) is 20.8 Å². The van der Waals surface area contributed by atoms with E-state index in [1.807, 2.05) is 18.2 Å². The smallest absolute Gasteiger partial charge is 0.127 e. The summed E-state index contributed by atoms with van der Waals surface area (Å²) in [7, 11) is 0. The molecular formula is C18H31NO2. The fourth-order valence-electron chi connectivity index (χ4n) is 2.25. The average Bonchev–Trinajstić information content (AvgIpc) is 2.53. The van der Waals surface area contributed by atoms with Crippen LogP contribution in [0.2, 0.25) is 0 Å². The van der Waals surface area contributed by atoms with Crippen LogP contribution in [0.3, 0.4) is 0 Å². The lowest BCUT2D eigenvalue weighted by atomic mass is 10.0. The molecule has 0 heterocycles. The minimum absolute atomic E-state index is 0.495. The van der Waals surface area contributed by atoms with Crippen LogP contribution in [0.1, 0.15) is 58.4 Å². The van der Waals surface area contributed by atoms with Gasteiger partial charge in [-0.25, -0.2) is 0 Å². The second kappa shape index (κ2) is 10.5. The highest BCUT2D eigenvalue weighted by molar-refractivity contribution is 5.40. The van der Waals surface area contributed by atoms with Crippen molar-refractivity contribution >= 4 is 0 Å². The molecule has 1 aromatic rings. The van der Waals surface area contributed by atoms with Gasteiger partial charge < -0.3 is 15.2 Å². The Morgan fingerprint density at radius 2 is 1.90 bits per heavy atom. The van der Waals surface area contributed by atoms with E-state index < -0.39 is 0 Å². The maximum absolute atomic E-state index is 6.04. The predicted octanol–water partition coefficient (Wildman–Crippen LogP) is 4.53. The third-order valence-corrected chi connectivity index (χ3v) is 3.75. The van der Waals surface area contributed by atoms with Crippen LogP contribution < -0.4 is 15.2 Å². The molecule has 0 bridgehead atoms. The van der Waals surface area contributed by atoms with Crippen LogP contribution in [0.5, 0.6) is 11.5 Å². The first kappa shape index (κ1) is 17.8. The molecule has 3 heteroatoms. The SMILES string of the molecule is CCCCC(CC)COc1cc(OCCC)ccc1CN. The van der Waals surface area contributed by atoms with Gasteiger partial charge >= 0.3 is 0 Å². The molecule has 0 amide bonds. The monoisotopic (exact) mass is 293 g/mol. The zero-order chi connectivity index (χ0) is 15.5. The normalized spacial score (nSPS) is 12.2. The first-order valence-electron chi connectivity index (χ1n) is 8.33. The van der Waals surface area contributed by atoms with Crippen molar-refractivity contribution in [3.8, 4) is 11.5 Å². The largest absolute Gasteiger partial charge is 0.493 e. The summed E-state index contributed by atoms with van der Waals surface area (Å²) < 4.78 is 11.7. The van der Waals surface area contributed by atoms with Crippen LogP contribution in [0, 0.1) is 5.92 Å². The lowest BCUT2D eigenvalue weighted by Gasteiger charge is -2.18. The Bertz CT molecular complexity index is 393. The molecule has 0 aliphatic heterocycles. The Labute approximate surface area is 129 Å². The Morgan fingerprint density at radius 1 is 1.10 bits per heavy atom. The molecule has 0 aliphatic rings. The zero-order valence-corrected chi connectivity index (χ0v) is 13.9. The lowest BCUT2D eigenvalue weighted by Crippen LogP contribution is -2.13. The van der Waals surface area contributed by atoms with E-state index in [1.54, 1.807) is 0 Å². The van der Waals surface area contributed by atoms with E-state index in [0.29, 0.717) is 12.5 Å². The van der Waals surface area contributed by atoms with E-state index in [4.69, 9.17) is 15.2 Å². The fraction of sp³-hybridized carbons (Fsp3) is 0.667. The quantitative estimate of drug-likeness (QED) is 0.652. The summed E-state index contributed by atoms with van der Waals surface area (Å²) in [4.78, 5) is 0. The predicted molar refractivity (Wildman–Crippen MR) is 88.9 cm³/mol. The van der Waals surface area contributed by atoms with Crippen molar-refractivity contribution in [3.05, 3.63) is 23.8 Å². The van der Waals surface area contributed by atoms with Crippen molar-refractivity contribution in [2.75, 3.05) is 13.2 Å². The van der Waals surface area contributed by atoms with Gasteiger partial charge in [-0.05, 0) is 24.8 Å². The van der Waals surface area contributed by atoms with Crippen LogP contribution >= 0.6 is 0 Å². The van der Waals surface area contributed by atoms with E-state index >= 15 is 0 Å². The summed E-state index contributed by atoms with van der Waals surface area (Å²) >= 11 is 0. The van der Waals surface area contributed by atoms with E-state index in [1.165, 1.54) is 19.3 Å². The summed E-state index contributed by atoms with van der Waals surface area (Å²) in [5.41, 5.74) is 6.84. The number of benzene rings is 1. The van der Waals surface area contributed by atoms with Crippen LogP contribution in [0.25, 0.3) is 0 Å². The molecule has 0 saturated carbocycles. The topological polar surface area (TPSA) is 44.5 Å². The molecule has 120 valence electrons. The van der Waals surface area contributed by atoms with Gasteiger partial charge in [-0.2, -0.15) is 0 Å². The molecule has 2 N–H and O–H groups in total. The minimum atomic E-state index is 0.495. The van der Waals surface area contributed by atoms with E-state index in [9.17, 15) is 0 Å². The number of unbranched alkanes of at least 4 members (excludes halogenated alkanes) is 1. The van der Waals surface area contributed by atoms with Gasteiger partial charge in [-0.1, -0.05) is 46.1 Å². The Hall–Kier alpha value is -1.22. The molecule has 0 fully saturated rings. The average molecular weight is 293 g/mol. The maximum atomic E-state index is 6.04. The van der Waals surface area contributed by atoms with Crippen LogP contribution in [0.4, 0.5) is 0 Å². The summed E-state index contributed by atoms with van der Waals surface area (Å²) in [5, 5.41) is 0. The van der Waals surface area contributed by atoms with Gasteiger partial charge in [-0.3, -0.25) is 0 Å². The summed E-state index contributed by atoms with van der Waals surface area (Å²) in [6.07, 6.45) is 5.90. The third kappa shape index (κ3) is 6.38. The Kier molecular flexibility index (Phi) is 8.91. The van der Waals surface area contributed by atoms with E-state index in [-0.39, 0.29) is 0 Å². The van der Waals surface area contributed by atoms with E-state index in [0.717, 1.165) is 43.1 Å². The second-order valence-corrected chi connectivity index (χ2v) is 5.55. The van der Waals surface area contributed by atoms with Crippen LogP contribution in [0.15, 0.2) is 18.2 Å². The van der Waals surface area contributed by atoms with Crippen molar-refractivity contribution in [1.29, 1.82) is 0 Å². The van der Waals surface area contributed by atoms with Gasteiger partial charge in [0.2, 0.25) is 0 Å². The van der Waals surface area contributed by atoms with Gasteiger partial charge in [0.15, 0.2) is 0 Å². The second-order valence-electron chi connectivity index (χ2n) is 5.55. The van der Waals surface area contributed by atoms with Crippen molar-refractivity contribution < 1.29 is 9.47 Å². The van der Waals surface area contributed by atoms with Crippen molar-refractivity contribution in [1.82, 2.24) is 0 Å². The number of hydrogen-bond acceptors (Lipinski definition) is 3. The molecule has 3 nitrogen and oxygen atoms in total. The summed E-state index contributed by atoms with van der Waals surface area (Å²) in [5.74, 6) is 2.36. The molecule has 1 aromatic carbocycles. The van der Waals surface area contributed by atoms with Crippen molar-refractivity contribution in [2.24, 2.45) is 11.7 Å². The van der Waals surface area contributed by atoms with Crippen molar-refractivity contribution in [2.45, 2.75) is 59.4 Å². The molecule has 1 unspecified atom stereocenters. The van der Waals surface area contributed by atoms with Gasteiger partial charge in [0.1, 0.15) is 11.5 Å². The summed E-state index contributed by atoms with van der Waals surface area (Å²) in [6, 6.07) is 5.96. The minimum Gasteiger partial charge on any atom is -0.493 e. The molecular weight excluding hydrogens is 262 g/mol. The standard InChI is InChI=1S/C18H31NO2/c1-4-7-8-15(6-3)14-21-18-12-17(20-11-5-2)10-9-16(18)13-19/h9-10,12,15H,4-8,11,13-14,19H2,1-3H3. The van der Waals surface area contributed by atoms with Gasteiger partial charge in [0.05, 0.1) is 13.2 Å². The lowest BCUT2D eigenvalue weighted by molar-refractivity contribution is 0.230. The Balaban J connectivity index is 2.65.